The largest absolute Gasteiger partial charge is 0.501 e. The molecule has 0 aliphatic heterocycles. The summed E-state index contributed by atoms with van der Waals surface area (Å²) >= 11 is 0. The Bertz CT molecular complexity index is 1040. The molecule has 2 aromatic rings. The number of nitro benzene ring substituents is 1. The van der Waals surface area contributed by atoms with Gasteiger partial charge >= 0.3 is 11.2 Å². The lowest BCUT2D eigenvalue weighted by atomic mass is 10.2. The van der Waals surface area contributed by atoms with Crippen LogP contribution in [-0.4, -0.2) is 26.0 Å². The first-order chi connectivity index (χ1) is 12.5. The normalized spacial score (nSPS) is 11.5. The van der Waals surface area contributed by atoms with Crippen molar-refractivity contribution >= 4 is 15.5 Å². The molecule has 2 rings (SSSR count). The highest BCUT2D eigenvalue weighted by molar-refractivity contribution is 7.92. The molecular formula is C15H9F3N2O6S. The van der Waals surface area contributed by atoms with Crippen LogP contribution in [0, 0.1) is 21.4 Å². The fourth-order valence-electron chi connectivity index (χ4n) is 1.97. The predicted octanol–water partition coefficient (Wildman–Crippen LogP) is 3.56. The number of methoxy groups -OCH3 is 1. The number of hydrogen-bond acceptors (Lipinski definition) is 7. The third kappa shape index (κ3) is 3.93. The molecule has 0 atom stereocenters. The molecule has 0 heterocycles. The molecule has 0 N–H and O–H groups in total. The van der Waals surface area contributed by atoms with Gasteiger partial charge in [0.25, 0.3) is 9.84 Å². The van der Waals surface area contributed by atoms with E-state index in [9.17, 15) is 31.7 Å². The maximum atomic E-state index is 12.6. The smallest absolute Gasteiger partial charge is 0.493 e. The highest BCUT2D eigenvalue weighted by atomic mass is 32.2. The van der Waals surface area contributed by atoms with Gasteiger partial charge in [0.1, 0.15) is 0 Å². The van der Waals surface area contributed by atoms with Crippen molar-refractivity contribution in [2.75, 3.05) is 7.11 Å². The number of nitriles is 1. The third-order valence-electron chi connectivity index (χ3n) is 3.25. The van der Waals surface area contributed by atoms with E-state index in [0.29, 0.717) is 6.07 Å². The van der Waals surface area contributed by atoms with Crippen LogP contribution in [-0.2, 0) is 9.84 Å². The fraction of sp³-hybridized carbons (Fsp3) is 0.133. The van der Waals surface area contributed by atoms with Gasteiger partial charge in [0, 0.05) is 12.1 Å². The SMILES string of the molecule is COc1cc(C#N)ccc1Oc1ccc(S(=O)(=O)C(F)(F)F)cc1[N+](=O)[O-]. The molecule has 0 unspecified atom stereocenters. The van der Waals surface area contributed by atoms with Crippen molar-refractivity contribution < 1.29 is 36.0 Å². The van der Waals surface area contributed by atoms with Gasteiger partial charge in [-0.25, -0.2) is 8.42 Å². The Kier molecular flexibility index (Phi) is 5.27. The zero-order chi connectivity index (χ0) is 20.4. The van der Waals surface area contributed by atoms with E-state index in [0.717, 1.165) is 6.07 Å². The minimum atomic E-state index is -5.76. The van der Waals surface area contributed by atoms with Gasteiger partial charge in [0.05, 0.1) is 28.6 Å². The summed E-state index contributed by atoms with van der Waals surface area (Å²) < 4.78 is 71.1. The van der Waals surface area contributed by atoms with Gasteiger partial charge in [-0.1, -0.05) is 0 Å². The van der Waals surface area contributed by atoms with E-state index >= 15 is 0 Å². The Morgan fingerprint density at radius 2 is 1.74 bits per heavy atom. The van der Waals surface area contributed by atoms with Crippen molar-refractivity contribution in [1.82, 2.24) is 0 Å². The molecule has 0 aliphatic carbocycles. The quantitative estimate of drug-likeness (QED) is 0.554. The highest BCUT2D eigenvalue weighted by Gasteiger charge is 2.47. The third-order valence-corrected chi connectivity index (χ3v) is 4.74. The molecule has 2 aromatic carbocycles. The zero-order valence-corrected chi connectivity index (χ0v) is 14.2. The molecule has 0 aliphatic rings. The van der Waals surface area contributed by atoms with Crippen LogP contribution in [0.25, 0.3) is 0 Å². The van der Waals surface area contributed by atoms with Crippen molar-refractivity contribution in [3.8, 4) is 23.3 Å². The number of hydrogen-bond donors (Lipinski definition) is 0. The number of nitro groups is 1. The van der Waals surface area contributed by atoms with Crippen LogP contribution in [0.2, 0.25) is 0 Å². The lowest BCUT2D eigenvalue weighted by molar-refractivity contribution is -0.385. The first kappa shape index (κ1) is 20.0. The molecule has 0 fully saturated rings. The summed E-state index contributed by atoms with van der Waals surface area (Å²) in [5.41, 5.74) is -6.40. The average molecular weight is 402 g/mol. The summed E-state index contributed by atoms with van der Waals surface area (Å²) in [6, 6.07) is 7.25. The standard InChI is InChI=1S/C15H9F3N2O6S/c1-25-14-6-9(8-19)2-4-13(14)26-12-5-3-10(7-11(12)20(21)22)27(23,24)15(16,17)18/h2-7H,1H3. The Morgan fingerprint density at radius 1 is 1.11 bits per heavy atom. The van der Waals surface area contributed by atoms with E-state index in [2.05, 4.69) is 0 Å². The molecule has 0 amide bonds. The number of ether oxygens (including phenoxy) is 2. The second-order valence-corrected chi connectivity index (χ2v) is 6.86. The van der Waals surface area contributed by atoms with Crippen LogP contribution < -0.4 is 9.47 Å². The van der Waals surface area contributed by atoms with E-state index < -0.39 is 36.6 Å². The Labute approximate surface area is 150 Å². The molecule has 0 saturated heterocycles. The zero-order valence-electron chi connectivity index (χ0n) is 13.4. The fourth-order valence-corrected chi connectivity index (χ4v) is 2.75. The van der Waals surface area contributed by atoms with Crippen LogP contribution >= 0.6 is 0 Å². The lowest BCUT2D eigenvalue weighted by Crippen LogP contribution is -2.23. The van der Waals surface area contributed by atoms with Crippen LogP contribution in [0.3, 0.4) is 0 Å². The molecule has 27 heavy (non-hydrogen) atoms. The first-order valence-electron chi connectivity index (χ1n) is 6.87. The minimum Gasteiger partial charge on any atom is -0.493 e. The molecule has 0 bridgehead atoms. The number of benzene rings is 2. The number of rotatable bonds is 5. The summed E-state index contributed by atoms with van der Waals surface area (Å²) in [5, 5.41) is 20.0. The molecule has 0 radical (unpaired) electrons. The van der Waals surface area contributed by atoms with Crippen molar-refractivity contribution in [1.29, 1.82) is 5.26 Å². The van der Waals surface area contributed by atoms with Crippen molar-refractivity contribution in [3.63, 3.8) is 0 Å². The summed E-state index contributed by atoms with van der Waals surface area (Å²) in [6.07, 6.45) is 0. The van der Waals surface area contributed by atoms with Gasteiger partial charge in [0.2, 0.25) is 5.75 Å². The van der Waals surface area contributed by atoms with E-state index in [4.69, 9.17) is 14.7 Å². The summed E-state index contributed by atoms with van der Waals surface area (Å²) in [5.74, 6) is -0.537. The highest BCUT2D eigenvalue weighted by Crippen LogP contribution is 2.39. The number of alkyl halides is 3. The second kappa shape index (κ2) is 7.12. The van der Waals surface area contributed by atoms with E-state index in [1.807, 2.05) is 6.07 Å². The number of sulfone groups is 1. The monoisotopic (exact) mass is 402 g/mol. The van der Waals surface area contributed by atoms with Crippen LogP contribution in [0.4, 0.5) is 18.9 Å². The maximum absolute atomic E-state index is 12.6. The average Bonchev–Trinajstić information content (AvgIpc) is 2.61. The molecule has 0 spiro atoms. The summed E-state index contributed by atoms with van der Waals surface area (Å²) in [6.45, 7) is 0. The molecule has 0 aromatic heterocycles. The van der Waals surface area contributed by atoms with Crippen molar-refractivity contribution in [3.05, 3.63) is 52.1 Å². The molecular weight excluding hydrogens is 393 g/mol. The van der Waals surface area contributed by atoms with Crippen molar-refractivity contribution in [2.45, 2.75) is 10.4 Å². The van der Waals surface area contributed by atoms with Crippen LogP contribution in [0.5, 0.6) is 17.2 Å². The molecule has 12 heteroatoms. The Hall–Kier alpha value is -3.33. The van der Waals surface area contributed by atoms with Crippen LogP contribution in [0.1, 0.15) is 5.56 Å². The van der Waals surface area contributed by atoms with Gasteiger partial charge in [-0.15, -0.1) is 0 Å². The number of nitrogens with zero attached hydrogens (tertiary/aromatic N) is 2. The van der Waals surface area contributed by atoms with E-state index in [1.54, 1.807) is 0 Å². The maximum Gasteiger partial charge on any atom is 0.501 e. The van der Waals surface area contributed by atoms with Gasteiger partial charge in [-0.2, -0.15) is 18.4 Å². The summed E-state index contributed by atoms with van der Waals surface area (Å²) in [7, 11) is -4.52. The minimum absolute atomic E-state index is 0.0373. The Balaban J connectivity index is 2.54. The lowest BCUT2D eigenvalue weighted by Gasteiger charge is -2.12. The van der Waals surface area contributed by atoms with E-state index in [1.165, 1.54) is 25.3 Å². The topological polar surface area (TPSA) is 120 Å². The molecule has 142 valence electrons. The molecule has 8 nitrogen and oxygen atoms in total. The Morgan fingerprint density at radius 3 is 2.26 bits per heavy atom. The van der Waals surface area contributed by atoms with Crippen molar-refractivity contribution in [2.24, 2.45) is 0 Å². The molecule has 0 saturated carbocycles. The second-order valence-electron chi connectivity index (χ2n) is 4.92. The van der Waals surface area contributed by atoms with Crippen LogP contribution in [0.15, 0.2) is 41.3 Å². The van der Waals surface area contributed by atoms with Gasteiger partial charge < -0.3 is 9.47 Å². The van der Waals surface area contributed by atoms with E-state index in [-0.39, 0.29) is 23.1 Å². The van der Waals surface area contributed by atoms with Gasteiger partial charge in [0.15, 0.2) is 11.5 Å². The summed E-state index contributed by atoms with van der Waals surface area (Å²) in [4.78, 5) is 8.80. The first-order valence-corrected chi connectivity index (χ1v) is 8.35. The number of halogens is 3. The predicted molar refractivity (Wildman–Crippen MR) is 84.1 cm³/mol. The van der Waals surface area contributed by atoms with Gasteiger partial charge in [-0.3, -0.25) is 10.1 Å². The van der Waals surface area contributed by atoms with Gasteiger partial charge in [-0.05, 0) is 24.3 Å².